The number of carbonyl (C=O) groups is 2. The van der Waals surface area contributed by atoms with E-state index in [1.807, 2.05) is 43.3 Å². The summed E-state index contributed by atoms with van der Waals surface area (Å²) < 4.78 is 12.2. The van der Waals surface area contributed by atoms with Gasteiger partial charge in [-0.3, -0.25) is 20.4 Å². The number of para-hydroxylation sites is 1. The van der Waals surface area contributed by atoms with E-state index >= 15 is 0 Å². The number of hydrazine groups is 1. The first-order valence-corrected chi connectivity index (χ1v) is 10.5. The molecular formula is C22H27BrN2O4. The second-order valence-electron chi connectivity index (χ2n) is 6.64. The molecule has 6 nitrogen and oxygen atoms in total. The minimum Gasteiger partial charge on any atom is -0.484 e. The summed E-state index contributed by atoms with van der Waals surface area (Å²) in [5.74, 6) is 0.696. The van der Waals surface area contributed by atoms with Crippen LogP contribution in [0, 0.1) is 0 Å². The van der Waals surface area contributed by atoms with E-state index in [0.29, 0.717) is 23.8 Å². The van der Waals surface area contributed by atoms with E-state index in [4.69, 9.17) is 9.47 Å². The highest BCUT2D eigenvalue weighted by atomic mass is 79.9. The van der Waals surface area contributed by atoms with Gasteiger partial charge in [0.15, 0.2) is 12.7 Å². The zero-order valence-corrected chi connectivity index (χ0v) is 18.5. The minimum atomic E-state index is -0.715. The summed E-state index contributed by atoms with van der Waals surface area (Å²) in [6.45, 7) is 5.87. The van der Waals surface area contributed by atoms with Crippen molar-refractivity contribution in [1.29, 1.82) is 0 Å². The Hall–Kier alpha value is -2.54. The molecule has 2 amide bonds. The Morgan fingerprint density at radius 3 is 2.34 bits per heavy atom. The summed E-state index contributed by atoms with van der Waals surface area (Å²) in [6, 6.07) is 14.8. The SMILES string of the molecule is CCC(Oc1ccccc1C(C)CC)C(=O)NNC(=O)COc1ccc(Br)cc1. The highest BCUT2D eigenvalue weighted by molar-refractivity contribution is 9.10. The monoisotopic (exact) mass is 462 g/mol. The number of carbonyl (C=O) groups excluding carboxylic acids is 2. The Bertz CT molecular complexity index is 811. The maximum atomic E-state index is 12.4. The Morgan fingerprint density at radius 1 is 1.00 bits per heavy atom. The molecule has 2 aromatic rings. The fourth-order valence-corrected chi connectivity index (χ4v) is 2.88. The standard InChI is InChI=1S/C22H27BrN2O4/c1-4-15(3)18-8-6-7-9-20(18)29-19(5-2)22(27)25-24-21(26)14-28-17-12-10-16(23)11-13-17/h6-13,15,19H,4-5,14H2,1-3H3,(H,24,26)(H,25,27). The number of hydrogen-bond acceptors (Lipinski definition) is 4. The van der Waals surface area contributed by atoms with Gasteiger partial charge in [-0.05, 0) is 54.7 Å². The van der Waals surface area contributed by atoms with Crippen LogP contribution in [-0.4, -0.2) is 24.5 Å². The van der Waals surface area contributed by atoms with Gasteiger partial charge in [-0.1, -0.05) is 54.9 Å². The fraction of sp³-hybridized carbons (Fsp3) is 0.364. The third-order valence-corrected chi connectivity index (χ3v) is 5.03. The van der Waals surface area contributed by atoms with Crippen LogP contribution in [0.1, 0.15) is 45.1 Å². The van der Waals surface area contributed by atoms with Crippen molar-refractivity contribution in [3.8, 4) is 11.5 Å². The molecule has 0 aromatic heterocycles. The zero-order chi connectivity index (χ0) is 21.2. The number of amides is 2. The van der Waals surface area contributed by atoms with Gasteiger partial charge in [0.25, 0.3) is 11.8 Å². The van der Waals surface area contributed by atoms with Crippen LogP contribution in [-0.2, 0) is 9.59 Å². The lowest BCUT2D eigenvalue weighted by Crippen LogP contribution is -2.49. The van der Waals surface area contributed by atoms with Crippen LogP contribution in [0.25, 0.3) is 0 Å². The first-order chi connectivity index (χ1) is 13.9. The molecule has 29 heavy (non-hydrogen) atoms. The lowest BCUT2D eigenvalue weighted by Gasteiger charge is -2.21. The number of nitrogens with one attached hydrogen (secondary N) is 2. The van der Waals surface area contributed by atoms with Crippen LogP contribution >= 0.6 is 15.9 Å². The zero-order valence-electron chi connectivity index (χ0n) is 16.9. The molecule has 2 rings (SSSR count). The third kappa shape index (κ3) is 7.09. The second-order valence-corrected chi connectivity index (χ2v) is 7.56. The van der Waals surface area contributed by atoms with Gasteiger partial charge in [0, 0.05) is 4.47 Å². The van der Waals surface area contributed by atoms with Gasteiger partial charge in [0.05, 0.1) is 0 Å². The second kappa shape index (κ2) is 11.5. The predicted molar refractivity (Wildman–Crippen MR) is 116 cm³/mol. The highest BCUT2D eigenvalue weighted by Gasteiger charge is 2.21. The Kier molecular flexibility index (Phi) is 8.99. The van der Waals surface area contributed by atoms with Crippen molar-refractivity contribution in [2.45, 2.75) is 45.6 Å². The fourth-order valence-electron chi connectivity index (χ4n) is 2.62. The van der Waals surface area contributed by atoms with Crippen molar-refractivity contribution in [3.05, 3.63) is 58.6 Å². The molecular weight excluding hydrogens is 436 g/mol. The average molecular weight is 463 g/mol. The van der Waals surface area contributed by atoms with Crippen LogP contribution in [0.3, 0.4) is 0 Å². The van der Waals surface area contributed by atoms with Crippen molar-refractivity contribution >= 4 is 27.7 Å². The number of benzene rings is 2. The number of hydrogen-bond donors (Lipinski definition) is 2. The smallest absolute Gasteiger partial charge is 0.279 e. The maximum absolute atomic E-state index is 12.4. The molecule has 0 heterocycles. The van der Waals surface area contributed by atoms with Gasteiger partial charge in [0.2, 0.25) is 0 Å². The van der Waals surface area contributed by atoms with E-state index in [-0.39, 0.29) is 6.61 Å². The predicted octanol–water partition coefficient (Wildman–Crippen LogP) is 4.35. The van der Waals surface area contributed by atoms with E-state index in [0.717, 1.165) is 16.5 Å². The molecule has 0 fully saturated rings. The molecule has 0 saturated carbocycles. The summed E-state index contributed by atoms with van der Waals surface area (Å²) in [5, 5.41) is 0. The van der Waals surface area contributed by atoms with Crippen molar-refractivity contribution in [1.82, 2.24) is 10.9 Å². The van der Waals surface area contributed by atoms with Crippen LogP contribution in [0.2, 0.25) is 0 Å². The molecule has 0 radical (unpaired) electrons. The van der Waals surface area contributed by atoms with Crippen molar-refractivity contribution in [2.75, 3.05) is 6.61 Å². The molecule has 2 atom stereocenters. The summed E-state index contributed by atoms with van der Waals surface area (Å²) in [5.41, 5.74) is 5.83. The Balaban J connectivity index is 1.86. The van der Waals surface area contributed by atoms with Crippen molar-refractivity contribution in [3.63, 3.8) is 0 Å². The van der Waals surface area contributed by atoms with Gasteiger partial charge in [-0.25, -0.2) is 0 Å². The highest BCUT2D eigenvalue weighted by Crippen LogP contribution is 2.29. The van der Waals surface area contributed by atoms with Gasteiger partial charge in [0.1, 0.15) is 11.5 Å². The van der Waals surface area contributed by atoms with Crippen LogP contribution in [0.4, 0.5) is 0 Å². The first kappa shape index (κ1) is 22.7. The molecule has 2 aromatic carbocycles. The van der Waals surface area contributed by atoms with Gasteiger partial charge < -0.3 is 9.47 Å². The number of rotatable bonds is 9. The van der Waals surface area contributed by atoms with Crippen LogP contribution in [0.5, 0.6) is 11.5 Å². The Labute approximate surface area is 180 Å². The van der Waals surface area contributed by atoms with E-state index in [9.17, 15) is 9.59 Å². The molecule has 0 spiro atoms. The average Bonchev–Trinajstić information content (AvgIpc) is 2.75. The first-order valence-electron chi connectivity index (χ1n) is 9.67. The molecule has 0 aliphatic rings. The molecule has 0 saturated heterocycles. The molecule has 2 unspecified atom stereocenters. The van der Waals surface area contributed by atoms with Crippen LogP contribution < -0.4 is 20.3 Å². The summed E-state index contributed by atoms with van der Waals surface area (Å²) in [6.07, 6.45) is 0.719. The normalized spacial score (nSPS) is 12.6. The van der Waals surface area contributed by atoms with E-state index < -0.39 is 17.9 Å². The summed E-state index contributed by atoms with van der Waals surface area (Å²) in [7, 11) is 0. The molecule has 0 aliphatic heterocycles. The molecule has 2 N–H and O–H groups in total. The molecule has 0 aliphatic carbocycles. The summed E-state index contributed by atoms with van der Waals surface area (Å²) in [4.78, 5) is 24.4. The van der Waals surface area contributed by atoms with Crippen molar-refractivity contribution in [2.24, 2.45) is 0 Å². The molecule has 156 valence electrons. The van der Waals surface area contributed by atoms with Gasteiger partial charge >= 0.3 is 0 Å². The largest absolute Gasteiger partial charge is 0.484 e. The third-order valence-electron chi connectivity index (χ3n) is 4.50. The Morgan fingerprint density at radius 2 is 1.69 bits per heavy atom. The molecule has 7 heteroatoms. The van der Waals surface area contributed by atoms with Gasteiger partial charge in [-0.15, -0.1) is 0 Å². The van der Waals surface area contributed by atoms with Crippen LogP contribution in [0.15, 0.2) is 53.0 Å². The quantitative estimate of drug-likeness (QED) is 0.543. The van der Waals surface area contributed by atoms with Gasteiger partial charge in [-0.2, -0.15) is 0 Å². The lowest BCUT2D eigenvalue weighted by molar-refractivity contribution is -0.134. The lowest BCUT2D eigenvalue weighted by atomic mass is 9.98. The number of halogens is 1. The summed E-state index contributed by atoms with van der Waals surface area (Å²) >= 11 is 3.33. The minimum absolute atomic E-state index is 0.212. The van der Waals surface area contributed by atoms with Crippen molar-refractivity contribution < 1.29 is 19.1 Å². The van der Waals surface area contributed by atoms with E-state index in [1.54, 1.807) is 12.1 Å². The maximum Gasteiger partial charge on any atom is 0.279 e. The number of ether oxygens (including phenoxy) is 2. The van der Waals surface area contributed by atoms with E-state index in [1.165, 1.54) is 0 Å². The topological polar surface area (TPSA) is 76.7 Å². The molecule has 0 bridgehead atoms. The van der Waals surface area contributed by atoms with E-state index in [2.05, 4.69) is 40.6 Å².